The van der Waals surface area contributed by atoms with Gasteiger partial charge in [-0.05, 0) is 20.5 Å². The van der Waals surface area contributed by atoms with E-state index in [2.05, 4.69) is 10.1 Å². The Morgan fingerprint density at radius 2 is 1.94 bits per heavy atom. The molecule has 0 spiro atoms. The second-order valence-electron chi connectivity index (χ2n) is 4.02. The van der Waals surface area contributed by atoms with Gasteiger partial charge in [-0.15, -0.1) is 0 Å². The Morgan fingerprint density at radius 1 is 1.35 bits per heavy atom. The van der Waals surface area contributed by atoms with Gasteiger partial charge in [-0.1, -0.05) is 0 Å². The zero-order valence-corrected chi connectivity index (χ0v) is 9.37. The highest BCUT2D eigenvalue weighted by atomic mass is 19.4. The Labute approximate surface area is 95.9 Å². The number of likely N-dealkylation sites (N-methyl/N-ethyl adjacent to an activating group) is 1. The van der Waals surface area contributed by atoms with Crippen LogP contribution in [0.25, 0.3) is 0 Å². The summed E-state index contributed by atoms with van der Waals surface area (Å²) in [6, 6.07) is -0.831. The molecule has 1 fully saturated rings. The first kappa shape index (κ1) is 13.9. The monoisotopic (exact) mass is 254 g/mol. The molecule has 0 aromatic carbocycles. The summed E-state index contributed by atoms with van der Waals surface area (Å²) in [7, 11) is 3.59. The molecule has 1 N–H and O–H groups in total. The van der Waals surface area contributed by atoms with Gasteiger partial charge in [0.05, 0.1) is 0 Å². The standard InChI is InChI=1S/C9H13F3N2O3/c1-14(2)5-3-6(13-4-5)7(15)17-8(16)9(10,11)12/h5-6,13H,3-4H2,1-2H3/t5-,6+/m1/s1. The van der Waals surface area contributed by atoms with E-state index < -0.39 is 24.2 Å². The highest BCUT2D eigenvalue weighted by Gasteiger charge is 2.44. The minimum absolute atomic E-state index is 0.0357. The lowest BCUT2D eigenvalue weighted by Gasteiger charge is -2.17. The van der Waals surface area contributed by atoms with Crippen LogP contribution < -0.4 is 5.32 Å². The van der Waals surface area contributed by atoms with Crippen molar-refractivity contribution in [2.75, 3.05) is 20.6 Å². The maximum Gasteiger partial charge on any atom is 0.491 e. The number of hydrogen-bond donors (Lipinski definition) is 1. The number of carbonyl (C=O) groups is 2. The number of hydrogen-bond acceptors (Lipinski definition) is 5. The summed E-state index contributed by atoms with van der Waals surface area (Å²) < 4.78 is 39.3. The highest BCUT2D eigenvalue weighted by Crippen LogP contribution is 2.18. The maximum absolute atomic E-state index is 11.8. The van der Waals surface area contributed by atoms with Crippen molar-refractivity contribution >= 4 is 11.9 Å². The van der Waals surface area contributed by atoms with Crippen LogP contribution in [0.5, 0.6) is 0 Å². The van der Waals surface area contributed by atoms with Crippen LogP contribution in [-0.2, 0) is 14.3 Å². The average Bonchev–Trinajstić information content (AvgIpc) is 2.64. The number of esters is 2. The number of carbonyl (C=O) groups excluding carboxylic acids is 2. The van der Waals surface area contributed by atoms with Crippen molar-refractivity contribution in [1.29, 1.82) is 0 Å². The van der Waals surface area contributed by atoms with Gasteiger partial charge in [0.2, 0.25) is 0 Å². The Morgan fingerprint density at radius 3 is 2.35 bits per heavy atom. The summed E-state index contributed by atoms with van der Waals surface area (Å²) in [5.41, 5.74) is 0. The molecular formula is C9H13F3N2O3. The molecule has 8 heteroatoms. The van der Waals surface area contributed by atoms with E-state index in [1.54, 1.807) is 14.1 Å². The van der Waals surface area contributed by atoms with Crippen molar-refractivity contribution in [3.8, 4) is 0 Å². The molecule has 0 aliphatic carbocycles. The molecule has 0 amide bonds. The third-order valence-electron chi connectivity index (χ3n) is 2.55. The molecule has 0 aromatic heterocycles. The lowest BCUT2D eigenvalue weighted by Crippen LogP contribution is -2.37. The SMILES string of the molecule is CN(C)[C@H]1CN[C@H](C(=O)OC(=O)C(F)(F)F)C1. The number of ether oxygens (including phenoxy) is 1. The van der Waals surface area contributed by atoms with E-state index in [1.165, 1.54) is 0 Å². The molecule has 1 aliphatic heterocycles. The highest BCUT2D eigenvalue weighted by molar-refractivity contribution is 5.91. The largest absolute Gasteiger partial charge is 0.491 e. The number of rotatable bonds is 2. The predicted molar refractivity (Wildman–Crippen MR) is 51.0 cm³/mol. The van der Waals surface area contributed by atoms with Gasteiger partial charge in [0.1, 0.15) is 6.04 Å². The molecule has 1 rings (SSSR count). The van der Waals surface area contributed by atoms with Gasteiger partial charge < -0.3 is 15.0 Å². The Bertz CT molecular complexity index is 317. The zero-order valence-electron chi connectivity index (χ0n) is 9.37. The second kappa shape index (κ2) is 5.01. The van der Waals surface area contributed by atoms with Crippen LogP contribution in [0.3, 0.4) is 0 Å². The third kappa shape index (κ3) is 3.67. The molecule has 0 aromatic rings. The van der Waals surface area contributed by atoms with E-state index in [1.807, 2.05) is 4.90 Å². The zero-order chi connectivity index (χ0) is 13.2. The summed E-state index contributed by atoms with van der Waals surface area (Å²) >= 11 is 0. The van der Waals surface area contributed by atoms with Crippen molar-refractivity contribution < 1.29 is 27.5 Å². The first-order valence-electron chi connectivity index (χ1n) is 4.94. The van der Waals surface area contributed by atoms with E-state index in [0.29, 0.717) is 13.0 Å². The van der Waals surface area contributed by atoms with E-state index in [9.17, 15) is 22.8 Å². The smallest absolute Gasteiger partial charge is 0.385 e. The minimum atomic E-state index is -5.14. The molecule has 98 valence electrons. The summed E-state index contributed by atoms with van der Waals surface area (Å²) in [6.07, 6.45) is -4.83. The number of nitrogens with one attached hydrogen (secondary N) is 1. The molecule has 0 saturated carbocycles. The summed E-state index contributed by atoms with van der Waals surface area (Å²) in [4.78, 5) is 23.5. The fraction of sp³-hybridized carbons (Fsp3) is 0.778. The molecule has 1 heterocycles. The van der Waals surface area contributed by atoms with E-state index >= 15 is 0 Å². The lowest BCUT2D eigenvalue weighted by molar-refractivity contribution is -0.202. The van der Waals surface area contributed by atoms with Gasteiger partial charge in [-0.3, -0.25) is 0 Å². The van der Waals surface area contributed by atoms with Crippen molar-refractivity contribution in [2.24, 2.45) is 0 Å². The van der Waals surface area contributed by atoms with Gasteiger partial charge in [0.25, 0.3) is 0 Å². The summed E-state index contributed by atoms with van der Waals surface area (Å²) in [6.45, 7) is 0.465. The average molecular weight is 254 g/mol. The fourth-order valence-corrected chi connectivity index (χ4v) is 1.51. The van der Waals surface area contributed by atoms with Gasteiger partial charge in [-0.25, -0.2) is 9.59 Å². The molecule has 5 nitrogen and oxygen atoms in total. The molecule has 0 radical (unpaired) electrons. The second-order valence-corrected chi connectivity index (χ2v) is 4.02. The van der Waals surface area contributed by atoms with E-state index in [-0.39, 0.29) is 6.04 Å². The Balaban J connectivity index is 2.48. The van der Waals surface area contributed by atoms with E-state index in [0.717, 1.165) is 0 Å². The third-order valence-corrected chi connectivity index (χ3v) is 2.55. The normalized spacial score (nSPS) is 25.1. The fourth-order valence-electron chi connectivity index (χ4n) is 1.51. The first-order valence-corrected chi connectivity index (χ1v) is 4.94. The molecule has 0 bridgehead atoms. The number of halogens is 3. The van der Waals surface area contributed by atoms with Crippen molar-refractivity contribution in [2.45, 2.75) is 24.7 Å². The Hall–Kier alpha value is -1.15. The number of alkyl halides is 3. The van der Waals surface area contributed by atoms with Crippen LogP contribution in [0, 0.1) is 0 Å². The predicted octanol–water partition coefficient (Wildman–Crippen LogP) is -0.0894. The topological polar surface area (TPSA) is 58.6 Å². The van der Waals surface area contributed by atoms with Crippen LogP contribution in [0.1, 0.15) is 6.42 Å². The van der Waals surface area contributed by atoms with Crippen molar-refractivity contribution in [3.05, 3.63) is 0 Å². The quantitative estimate of drug-likeness (QED) is 0.551. The molecular weight excluding hydrogens is 241 g/mol. The first-order chi connectivity index (χ1) is 7.71. The van der Waals surface area contributed by atoms with Crippen molar-refractivity contribution in [3.63, 3.8) is 0 Å². The summed E-state index contributed by atoms with van der Waals surface area (Å²) in [5, 5.41) is 2.71. The van der Waals surface area contributed by atoms with Crippen LogP contribution >= 0.6 is 0 Å². The van der Waals surface area contributed by atoms with Gasteiger partial charge in [0, 0.05) is 12.6 Å². The minimum Gasteiger partial charge on any atom is -0.385 e. The van der Waals surface area contributed by atoms with Crippen molar-refractivity contribution in [1.82, 2.24) is 10.2 Å². The summed E-state index contributed by atoms with van der Waals surface area (Å²) in [5.74, 6) is -3.66. The molecule has 1 saturated heterocycles. The maximum atomic E-state index is 11.8. The van der Waals surface area contributed by atoms with Crippen LogP contribution in [0.4, 0.5) is 13.2 Å². The number of nitrogens with zero attached hydrogens (tertiary/aromatic N) is 1. The molecule has 0 unspecified atom stereocenters. The lowest BCUT2D eigenvalue weighted by atomic mass is 10.1. The molecule has 2 atom stereocenters. The van der Waals surface area contributed by atoms with Gasteiger partial charge >= 0.3 is 18.1 Å². The van der Waals surface area contributed by atoms with Crippen LogP contribution in [0.15, 0.2) is 0 Å². The molecule has 1 aliphatic rings. The van der Waals surface area contributed by atoms with Crippen LogP contribution in [-0.4, -0.2) is 55.7 Å². The Kier molecular flexibility index (Phi) is 4.10. The van der Waals surface area contributed by atoms with Crippen LogP contribution in [0.2, 0.25) is 0 Å². The van der Waals surface area contributed by atoms with Gasteiger partial charge in [-0.2, -0.15) is 13.2 Å². The van der Waals surface area contributed by atoms with E-state index in [4.69, 9.17) is 0 Å². The molecule has 17 heavy (non-hydrogen) atoms. The van der Waals surface area contributed by atoms with Gasteiger partial charge in [0.15, 0.2) is 0 Å².